The predicted octanol–water partition coefficient (Wildman–Crippen LogP) is 0.804. The average molecular weight is 350 g/mol. The second kappa shape index (κ2) is 10.4. The molecule has 2 rings (SSSR count). The molecule has 140 valence electrons. The van der Waals surface area contributed by atoms with Crippen molar-refractivity contribution in [3.05, 3.63) is 35.9 Å². The number of carbonyl (C=O) groups excluding carboxylic acids is 1. The fraction of sp³-hybridized carbons (Fsp3) is 0.611. The van der Waals surface area contributed by atoms with Crippen LogP contribution < -0.4 is 10.8 Å². The number of aliphatic hydroxyl groups is 1. The SMILES string of the molecule is CC(C)NC(=O)NOCC(O)CN1CCN(Cc2ccccc2)CC1. The van der Waals surface area contributed by atoms with Crippen LogP contribution in [0.3, 0.4) is 0 Å². The Hall–Kier alpha value is -1.67. The summed E-state index contributed by atoms with van der Waals surface area (Å²) >= 11 is 0. The largest absolute Gasteiger partial charge is 0.389 e. The van der Waals surface area contributed by atoms with E-state index in [4.69, 9.17) is 4.84 Å². The highest BCUT2D eigenvalue weighted by Gasteiger charge is 2.19. The first-order valence-electron chi connectivity index (χ1n) is 8.88. The highest BCUT2D eigenvalue weighted by molar-refractivity contribution is 5.72. The number of β-amino-alcohol motifs (C(OH)–C–C–N with tert-alkyl or cyclic N) is 1. The van der Waals surface area contributed by atoms with Crippen LogP contribution in [0, 0.1) is 0 Å². The lowest BCUT2D eigenvalue weighted by Crippen LogP contribution is -2.49. The van der Waals surface area contributed by atoms with E-state index in [1.807, 2.05) is 19.9 Å². The minimum absolute atomic E-state index is 0.0423. The summed E-state index contributed by atoms with van der Waals surface area (Å²) in [5, 5.41) is 12.7. The molecule has 1 heterocycles. The molecule has 1 aromatic rings. The van der Waals surface area contributed by atoms with Crippen LogP contribution in [-0.4, -0.2) is 72.4 Å². The zero-order valence-corrected chi connectivity index (χ0v) is 15.1. The van der Waals surface area contributed by atoms with Crippen molar-refractivity contribution in [3.63, 3.8) is 0 Å². The van der Waals surface area contributed by atoms with E-state index < -0.39 is 12.1 Å². The number of piperazine rings is 1. The molecular weight excluding hydrogens is 320 g/mol. The maximum absolute atomic E-state index is 11.4. The minimum atomic E-state index is -0.625. The van der Waals surface area contributed by atoms with Gasteiger partial charge in [-0.1, -0.05) is 30.3 Å². The first kappa shape index (κ1) is 19.7. The van der Waals surface area contributed by atoms with Gasteiger partial charge in [0.25, 0.3) is 0 Å². The van der Waals surface area contributed by atoms with Gasteiger partial charge in [-0.25, -0.2) is 10.3 Å². The van der Waals surface area contributed by atoms with E-state index in [1.54, 1.807) is 0 Å². The molecule has 2 amide bonds. The molecular formula is C18H30N4O3. The van der Waals surface area contributed by atoms with Gasteiger partial charge in [0.05, 0.1) is 6.10 Å². The summed E-state index contributed by atoms with van der Waals surface area (Å²) in [4.78, 5) is 21.1. The van der Waals surface area contributed by atoms with Crippen molar-refractivity contribution in [1.29, 1.82) is 0 Å². The van der Waals surface area contributed by atoms with Crippen molar-refractivity contribution in [2.45, 2.75) is 32.5 Å². The first-order chi connectivity index (χ1) is 12.0. The Morgan fingerprint density at radius 1 is 1.16 bits per heavy atom. The molecule has 7 heteroatoms. The average Bonchev–Trinajstić information content (AvgIpc) is 2.57. The summed E-state index contributed by atoms with van der Waals surface area (Å²) in [6.45, 7) is 9.14. The van der Waals surface area contributed by atoms with E-state index in [9.17, 15) is 9.90 Å². The standard InChI is InChI=1S/C18H30N4O3/c1-15(2)19-18(24)20-25-14-17(23)13-22-10-8-21(9-11-22)12-16-6-4-3-5-7-16/h3-7,15,17,23H,8-14H2,1-2H3,(H2,19,20,24). The number of carbonyl (C=O) groups is 1. The number of amides is 2. The fourth-order valence-corrected chi connectivity index (χ4v) is 2.82. The normalized spacial score (nSPS) is 17.4. The lowest BCUT2D eigenvalue weighted by atomic mass is 10.2. The van der Waals surface area contributed by atoms with Gasteiger partial charge in [0, 0.05) is 45.3 Å². The number of urea groups is 1. The summed E-state index contributed by atoms with van der Waals surface area (Å²) in [7, 11) is 0. The van der Waals surface area contributed by atoms with Crippen LogP contribution >= 0.6 is 0 Å². The Morgan fingerprint density at radius 2 is 1.80 bits per heavy atom. The van der Waals surface area contributed by atoms with Crippen LogP contribution in [0.5, 0.6) is 0 Å². The summed E-state index contributed by atoms with van der Waals surface area (Å²) in [5.74, 6) is 0. The van der Waals surface area contributed by atoms with E-state index in [0.29, 0.717) is 6.54 Å². The Kier molecular flexibility index (Phi) is 8.14. The number of nitrogens with zero attached hydrogens (tertiary/aromatic N) is 2. The molecule has 1 atom stereocenters. The van der Waals surface area contributed by atoms with E-state index >= 15 is 0 Å². The summed E-state index contributed by atoms with van der Waals surface area (Å²) in [6, 6.07) is 10.1. The van der Waals surface area contributed by atoms with E-state index in [1.165, 1.54) is 5.56 Å². The molecule has 0 spiro atoms. The van der Waals surface area contributed by atoms with Gasteiger partial charge >= 0.3 is 6.03 Å². The molecule has 0 radical (unpaired) electrons. The molecule has 25 heavy (non-hydrogen) atoms. The maximum Gasteiger partial charge on any atom is 0.338 e. The second-order valence-corrected chi connectivity index (χ2v) is 6.76. The van der Waals surface area contributed by atoms with Crippen molar-refractivity contribution in [2.75, 3.05) is 39.3 Å². The lowest BCUT2D eigenvalue weighted by molar-refractivity contribution is -0.0214. The molecule has 7 nitrogen and oxygen atoms in total. The van der Waals surface area contributed by atoms with E-state index in [0.717, 1.165) is 32.7 Å². The van der Waals surface area contributed by atoms with Gasteiger partial charge < -0.3 is 10.4 Å². The van der Waals surface area contributed by atoms with Crippen molar-refractivity contribution >= 4 is 6.03 Å². The first-order valence-corrected chi connectivity index (χ1v) is 8.88. The van der Waals surface area contributed by atoms with Crippen LogP contribution in [0.15, 0.2) is 30.3 Å². The molecule has 1 aliphatic heterocycles. The number of nitrogens with one attached hydrogen (secondary N) is 2. The van der Waals surface area contributed by atoms with Crippen LogP contribution in [0.4, 0.5) is 4.79 Å². The Bertz CT molecular complexity index is 504. The monoisotopic (exact) mass is 350 g/mol. The number of hydrogen-bond donors (Lipinski definition) is 3. The van der Waals surface area contributed by atoms with Crippen molar-refractivity contribution in [1.82, 2.24) is 20.6 Å². The van der Waals surface area contributed by atoms with Crippen molar-refractivity contribution in [3.8, 4) is 0 Å². The molecule has 0 aliphatic carbocycles. The molecule has 1 unspecified atom stereocenters. The molecule has 0 bridgehead atoms. The van der Waals surface area contributed by atoms with Crippen LogP contribution in [0.1, 0.15) is 19.4 Å². The zero-order valence-electron chi connectivity index (χ0n) is 15.1. The third-order valence-electron chi connectivity index (χ3n) is 4.04. The molecule has 1 aliphatic rings. The fourth-order valence-electron chi connectivity index (χ4n) is 2.82. The van der Waals surface area contributed by atoms with E-state index in [2.05, 4.69) is 44.9 Å². The number of hydrogen-bond acceptors (Lipinski definition) is 5. The van der Waals surface area contributed by atoms with Crippen molar-refractivity contribution < 1.29 is 14.7 Å². The zero-order chi connectivity index (χ0) is 18.1. The Labute approximate surface area is 149 Å². The maximum atomic E-state index is 11.4. The minimum Gasteiger partial charge on any atom is -0.389 e. The Balaban J connectivity index is 1.58. The van der Waals surface area contributed by atoms with Crippen LogP contribution in [0.2, 0.25) is 0 Å². The molecule has 0 saturated carbocycles. The second-order valence-electron chi connectivity index (χ2n) is 6.76. The van der Waals surface area contributed by atoms with Gasteiger partial charge in [0.1, 0.15) is 6.61 Å². The van der Waals surface area contributed by atoms with Gasteiger partial charge in [-0.2, -0.15) is 0 Å². The number of aliphatic hydroxyl groups excluding tert-OH is 1. The smallest absolute Gasteiger partial charge is 0.338 e. The number of rotatable bonds is 8. The predicted molar refractivity (Wildman–Crippen MR) is 96.9 cm³/mol. The lowest BCUT2D eigenvalue weighted by Gasteiger charge is -2.35. The molecule has 1 saturated heterocycles. The molecule has 1 aromatic carbocycles. The van der Waals surface area contributed by atoms with Gasteiger partial charge in [0.2, 0.25) is 0 Å². The van der Waals surface area contributed by atoms with Crippen LogP contribution in [-0.2, 0) is 11.4 Å². The topological polar surface area (TPSA) is 77.1 Å². The Morgan fingerprint density at radius 3 is 2.44 bits per heavy atom. The number of benzene rings is 1. The quantitative estimate of drug-likeness (QED) is 0.605. The number of hydroxylamine groups is 1. The van der Waals surface area contributed by atoms with Crippen LogP contribution in [0.25, 0.3) is 0 Å². The van der Waals surface area contributed by atoms with E-state index in [-0.39, 0.29) is 12.6 Å². The summed E-state index contributed by atoms with van der Waals surface area (Å²) < 4.78 is 0. The molecule has 1 fully saturated rings. The van der Waals surface area contributed by atoms with Gasteiger partial charge in [-0.05, 0) is 19.4 Å². The summed E-state index contributed by atoms with van der Waals surface area (Å²) in [6.07, 6.45) is -0.625. The summed E-state index contributed by atoms with van der Waals surface area (Å²) in [5.41, 5.74) is 3.61. The van der Waals surface area contributed by atoms with Gasteiger partial charge in [-0.3, -0.25) is 14.6 Å². The highest BCUT2D eigenvalue weighted by Crippen LogP contribution is 2.08. The third kappa shape index (κ3) is 7.83. The molecule has 3 N–H and O–H groups in total. The van der Waals surface area contributed by atoms with Crippen molar-refractivity contribution in [2.24, 2.45) is 0 Å². The third-order valence-corrected chi connectivity index (χ3v) is 4.04. The highest BCUT2D eigenvalue weighted by atomic mass is 16.7. The van der Waals surface area contributed by atoms with Gasteiger partial charge in [0.15, 0.2) is 0 Å². The van der Waals surface area contributed by atoms with Gasteiger partial charge in [-0.15, -0.1) is 0 Å². The molecule has 0 aromatic heterocycles.